The zero-order chi connectivity index (χ0) is 18.1. The van der Waals surface area contributed by atoms with Crippen molar-refractivity contribution in [3.63, 3.8) is 0 Å². The van der Waals surface area contributed by atoms with Crippen LogP contribution >= 0.6 is 0 Å². The topological polar surface area (TPSA) is 87.1 Å². The number of benzene rings is 1. The summed E-state index contributed by atoms with van der Waals surface area (Å²) in [4.78, 5) is 24.4. The Kier molecular flexibility index (Phi) is 5.14. The van der Waals surface area contributed by atoms with Crippen LogP contribution in [0.2, 0.25) is 0 Å². The summed E-state index contributed by atoms with van der Waals surface area (Å²) in [5.74, 6) is -2.45. The van der Waals surface area contributed by atoms with Gasteiger partial charge in [0.15, 0.2) is 0 Å². The highest BCUT2D eigenvalue weighted by atomic mass is 19.4. The third-order valence-corrected chi connectivity index (χ3v) is 3.81. The standard InChI is InChI=1S/C15H16F3NO5/c1-24-10-5-9(20)6-19(7-10)13(21)11-3-2-8(14(22)23)4-12(11)15(16,17)18/h2-4,9-10,20H,5-7H2,1H3,(H,22,23)/t9-,10-/m1/s1. The Hall–Kier alpha value is -2.13. The number of hydrogen-bond donors (Lipinski definition) is 2. The largest absolute Gasteiger partial charge is 0.478 e. The fourth-order valence-electron chi connectivity index (χ4n) is 2.63. The van der Waals surface area contributed by atoms with E-state index < -0.39 is 47.0 Å². The molecule has 0 spiro atoms. The molecule has 2 rings (SSSR count). The van der Waals surface area contributed by atoms with Gasteiger partial charge in [0.05, 0.1) is 28.9 Å². The minimum Gasteiger partial charge on any atom is -0.478 e. The molecule has 9 heteroatoms. The Balaban J connectivity index is 2.40. The number of carbonyl (C=O) groups is 2. The quantitative estimate of drug-likeness (QED) is 0.868. The molecule has 2 N–H and O–H groups in total. The molecule has 0 radical (unpaired) electrons. The number of halogens is 3. The number of aliphatic hydroxyl groups is 1. The van der Waals surface area contributed by atoms with Gasteiger partial charge in [0.25, 0.3) is 5.91 Å². The Morgan fingerprint density at radius 3 is 2.50 bits per heavy atom. The van der Waals surface area contributed by atoms with Gasteiger partial charge in [0.2, 0.25) is 0 Å². The lowest BCUT2D eigenvalue weighted by atomic mass is 9.99. The van der Waals surface area contributed by atoms with Crippen molar-refractivity contribution in [3.8, 4) is 0 Å². The minimum absolute atomic E-state index is 0.0460. The molecular weight excluding hydrogens is 331 g/mol. The maximum absolute atomic E-state index is 13.2. The van der Waals surface area contributed by atoms with Crippen LogP contribution in [0, 0.1) is 0 Å². The SMILES string of the molecule is CO[C@@H]1C[C@@H](O)CN(C(=O)c2ccc(C(=O)O)cc2C(F)(F)F)C1. The lowest BCUT2D eigenvalue weighted by Gasteiger charge is -2.35. The van der Waals surface area contributed by atoms with Crippen molar-refractivity contribution in [2.45, 2.75) is 24.8 Å². The van der Waals surface area contributed by atoms with E-state index in [1.54, 1.807) is 0 Å². The third-order valence-electron chi connectivity index (χ3n) is 3.81. The van der Waals surface area contributed by atoms with E-state index in [1.165, 1.54) is 7.11 Å². The van der Waals surface area contributed by atoms with Crippen molar-refractivity contribution in [1.82, 2.24) is 4.90 Å². The first-order chi connectivity index (χ1) is 11.1. The molecule has 2 atom stereocenters. The Bertz CT molecular complexity index is 646. The summed E-state index contributed by atoms with van der Waals surface area (Å²) < 4.78 is 44.7. The number of carboxylic acids is 1. The molecule has 0 aliphatic carbocycles. The first kappa shape index (κ1) is 18.2. The molecule has 1 fully saturated rings. The molecule has 132 valence electrons. The summed E-state index contributed by atoms with van der Waals surface area (Å²) in [6.07, 6.45) is -5.99. The normalized spacial score (nSPS) is 21.6. The van der Waals surface area contributed by atoms with E-state index in [0.717, 1.165) is 17.0 Å². The Labute approximate surface area is 135 Å². The van der Waals surface area contributed by atoms with Crippen LogP contribution in [0.25, 0.3) is 0 Å². The number of β-amino-alcohol motifs (C(OH)–C–C–N with tert-alkyl or cyclic N) is 1. The molecule has 1 aromatic carbocycles. The highest BCUT2D eigenvalue weighted by Crippen LogP contribution is 2.33. The summed E-state index contributed by atoms with van der Waals surface area (Å²) in [5, 5.41) is 18.6. The number of amides is 1. The van der Waals surface area contributed by atoms with Gasteiger partial charge >= 0.3 is 12.1 Å². The summed E-state index contributed by atoms with van der Waals surface area (Å²) in [6.45, 7) is -0.0684. The molecule has 1 saturated heterocycles. The zero-order valence-electron chi connectivity index (χ0n) is 12.7. The van der Waals surface area contributed by atoms with E-state index in [-0.39, 0.29) is 19.5 Å². The highest BCUT2D eigenvalue weighted by molar-refractivity contribution is 5.97. The van der Waals surface area contributed by atoms with Crippen molar-refractivity contribution < 1.29 is 37.7 Å². The number of aromatic carboxylic acids is 1. The van der Waals surface area contributed by atoms with Gasteiger partial charge in [-0.25, -0.2) is 4.79 Å². The van der Waals surface area contributed by atoms with Crippen molar-refractivity contribution in [1.29, 1.82) is 0 Å². The predicted molar refractivity (Wildman–Crippen MR) is 75.7 cm³/mol. The van der Waals surface area contributed by atoms with Crippen molar-refractivity contribution in [2.24, 2.45) is 0 Å². The fraction of sp³-hybridized carbons (Fsp3) is 0.467. The lowest BCUT2D eigenvalue weighted by molar-refractivity contribution is -0.138. The molecule has 0 bridgehead atoms. The van der Waals surface area contributed by atoms with E-state index in [0.29, 0.717) is 6.07 Å². The van der Waals surface area contributed by atoms with Crippen LogP contribution in [0.3, 0.4) is 0 Å². The van der Waals surface area contributed by atoms with Gasteiger partial charge in [-0.1, -0.05) is 0 Å². The highest BCUT2D eigenvalue weighted by Gasteiger charge is 2.38. The second-order valence-corrected chi connectivity index (χ2v) is 5.52. The Morgan fingerprint density at radius 2 is 1.96 bits per heavy atom. The number of likely N-dealkylation sites (tertiary alicyclic amines) is 1. The molecule has 1 aliphatic rings. The van der Waals surface area contributed by atoms with Gasteiger partial charge in [-0.05, 0) is 18.2 Å². The smallest absolute Gasteiger partial charge is 0.417 e. The molecule has 24 heavy (non-hydrogen) atoms. The molecular formula is C15H16F3NO5. The second kappa shape index (κ2) is 6.78. The number of rotatable bonds is 3. The van der Waals surface area contributed by atoms with Crippen molar-refractivity contribution in [2.75, 3.05) is 20.2 Å². The fourth-order valence-corrected chi connectivity index (χ4v) is 2.63. The summed E-state index contributed by atoms with van der Waals surface area (Å²) >= 11 is 0. The van der Waals surface area contributed by atoms with Crippen molar-refractivity contribution >= 4 is 11.9 Å². The van der Waals surface area contributed by atoms with E-state index in [2.05, 4.69) is 0 Å². The van der Waals surface area contributed by atoms with Crippen LogP contribution < -0.4 is 0 Å². The van der Waals surface area contributed by atoms with Crippen LogP contribution in [0.5, 0.6) is 0 Å². The van der Waals surface area contributed by atoms with Crippen LogP contribution in [-0.2, 0) is 10.9 Å². The number of carbonyl (C=O) groups excluding carboxylic acids is 1. The summed E-state index contributed by atoms with van der Waals surface area (Å²) in [6, 6.07) is 2.22. The lowest BCUT2D eigenvalue weighted by Crippen LogP contribution is -2.49. The number of ether oxygens (including phenoxy) is 1. The van der Waals surface area contributed by atoms with E-state index in [1.807, 2.05) is 0 Å². The number of methoxy groups -OCH3 is 1. The summed E-state index contributed by atoms with van der Waals surface area (Å²) in [5.41, 5.74) is -2.54. The van der Waals surface area contributed by atoms with Gasteiger partial charge in [0, 0.05) is 26.6 Å². The van der Waals surface area contributed by atoms with Gasteiger partial charge < -0.3 is 19.8 Å². The first-order valence-corrected chi connectivity index (χ1v) is 7.08. The maximum atomic E-state index is 13.2. The Morgan fingerprint density at radius 1 is 1.29 bits per heavy atom. The van der Waals surface area contributed by atoms with E-state index >= 15 is 0 Å². The van der Waals surface area contributed by atoms with Crippen LogP contribution in [0.1, 0.15) is 32.7 Å². The number of carboxylic acid groups (broad SMARTS) is 1. The molecule has 6 nitrogen and oxygen atoms in total. The molecule has 0 unspecified atom stereocenters. The molecule has 1 amide bonds. The third kappa shape index (κ3) is 3.85. The van der Waals surface area contributed by atoms with Gasteiger partial charge in [-0.3, -0.25) is 4.79 Å². The van der Waals surface area contributed by atoms with E-state index in [9.17, 15) is 27.9 Å². The van der Waals surface area contributed by atoms with Crippen LogP contribution in [0.15, 0.2) is 18.2 Å². The van der Waals surface area contributed by atoms with Crippen LogP contribution in [-0.4, -0.2) is 59.4 Å². The van der Waals surface area contributed by atoms with Gasteiger partial charge in [0.1, 0.15) is 0 Å². The molecule has 1 heterocycles. The van der Waals surface area contributed by atoms with Gasteiger partial charge in [-0.2, -0.15) is 13.2 Å². The zero-order valence-corrected chi connectivity index (χ0v) is 12.7. The number of nitrogens with zero attached hydrogens (tertiary/aromatic N) is 1. The number of piperidine rings is 1. The number of alkyl halides is 3. The minimum atomic E-state index is -4.88. The molecule has 1 aliphatic heterocycles. The second-order valence-electron chi connectivity index (χ2n) is 5.52. The van der Waals surface area contributed by atoms with Crippen LogP contribution in [0.4, 0.5) is 13.2 Å². The summed E-state index contributed by atoms with van der Waals surface area (Å²) in [7, 11) is 1.38. The predicted octanol–water partition coefficient (Wildman–Crippen LogP) is 1.63. The molecule has 0 aromatic heterocycles. The average Bonchev–Trinajstić information content (AvgIpc) is 2.52. The van der Waals surface area contributed by atoms with E-state index in [4.69, 9.17) is 9.84 Å². The van der Waals surface area contributed by atoms with Crippen molar-refractivity contribution in [3.05, 3.63) is 34.9 Å². The molecule has 1 aromatic rings. The number of hydrogen-bond acceptors (Lipinski definition) is 4. The average molecular weight is 347 g/mol. The number of aliphatic hydroxyl groups excluding tert-OH is 1. The monoisotopic (exact) mass is 347 g/mol. The molecule has 0 saturated carbocycles. The maximum Gasteiger partial charge on any atom is 0.417 e. The first-order valence-electron chi connectivity index (χ1n) is 7.08. The van der Waals surface area contributed by atoms with Gasteiger partial charge in [-0.15, -0.1) is 0 Å².